The Morgan fingerprint density at radius 2 is 1.94 bits per heavy atom. The van der Waals surface area contributed by atoms with Crippen molar-refractivity contribution < 1.29 is 18.0 Å². The first-order valence-corrected chi connectivity index (χ1v) is 12.2. The molecule has 7 heteroatoms. The lowest BCUT2D eigenvalue weighted by molar-refractivity contribution is -0.137. The van der Waals surface area contributed by atoms with Crippen LogP contribution in [0.5, 0.6) is 0 Å². The number of hydrogen-bond donors (Lipinski definition) is 1. The summed E-state index contributed by atoms with van der Waals surface area (Å²) in [7, 11) is 1.73. The first-order valence-electron chi connectivity index (χ1n) is 12.2. The molecular formula is C26H36F3N3O. The standard InChI is InChI=1S/C26H36F3N3O/c1-25(2)12-9-18-15-20(25)8-7-19(18)17-32-13-10-23(11-14-32)31(3)24(33)30-22-6-4-5-21(16-22)26(27,28)29/h4-7,16,18,20,23H,8-15,17H2,1-3H3,(H,30,33). The van der Waals surface area contributed by atoms with Crippen LogP contribution in [-0.4, -0.2) is 48.6 Å². The van der Waals surface area contributed by atoms with Gasteiger partial charge in [0.2, 0.25) is 0 Å². The highest BCUT2D eigenvalue weighted by Gasteiger charge is 2.39. The lowest BCUT2D eigenvalue weighted by atomic mass is 9.60. The van der Waals surface area contributed by atoms with Gasteiger partial charge in [0.05, 0.1) is 5.56 Å². The van der Waals surface area contributed by atoms with Gasteiger partial charge in [-0.3, -0.25) is 4.90 Å². The zero-order valence-corrected chi connectivity index (χ0v) is 19.9. The summed E-state index contributed by atoms with van der Waals surface area (Å²) in [5, 5.41) is 2.62. The quantitative estimate of drug-likeness (QED) is 0.524. The highest BCUT2D eigenvalue weighted by atomic mass is 19.4. The van der Waals surface area contributed by atoms with E-state index in [0.29, 0.717) is 5.41 Å². The molecule has 1 aromatic rings. The number of allylic oxidation sites excluding steroid dienone is 1. The monoisotopic (exact) mass is 463 g/mol. The minimum atomic E-state index is -4.43. The number of fused-ring (bicyclic) bond motifs is 2. The van der Waals surface area contributed by atoms with Gasteiger partial charge in [0, 0.05) is 38.4 Å². The molecule has 2 aliphatic carbocycles. The average Bonchev–Trinajstić information content (AvgIpc) is 2.77. The minimum Gasteiger partial charge on any atom is -0.325 e. The molecule has 2 bridgehead atoms. The van der Waals surface area contributed by atoms with Crippen LogP contribution in [0.1, 0.15) is 57.9 Å². The molecule has 1 aromatic carbocycles. The second-order valence-electron chi connectivity index (χ2n) is 10.8. The zero-order valence-electron chi connectivity index (χ0n) is 19.9. The van der Waals surface area contributed by atoms with E-state index in [0.717, 1.165) is 56.4 Å². The van der Waals surface area contributed by atoms with E-state index < -0.39 is 11.7 Å². The maximum Gasteiger partial charge on any atom is 0.416 e. The van der Waals surface area contributed by atoms with Gasteiger partial charge in [0.15, 0.2) is 0 Å². The summed E-state index contributed by atoms with van der Waals surface area (Å²) in [6, 6.07) is 4.50. The second-order valence-corrected chi connectivity index (χ2v) is 10.8. The molecule has 1 heterocycles. The number of nitrogens with one attached hydrogen (secondary N) is 1. The van der Waals surface area contributed by atoms with Gasteiger partial charge in [-0.15, -0.1) is 0 Å². The van der Waals surface area contributed by atoms with Crippen molar-refractivity contribution >= 4 is 11.7 Å². The van der Waals surface area contributed by atoms with Gasteiger partial charge in [0.25, 0.3) is 0 Å². The van der Waals surface area contributed by atoms with Crippen molar-refractivity contribution in [2.75, 3.05) is 32.0 Å². The fraction of sp³-hybridized carbons (Fsp3) is 0.654. The van der Waals surface area contributed by atoms with Gasteiger partial charge >= 0.3 is 12.2 Å². The van der Waals surface area contributed by atoms with Crippen LogP contribution >= 0.6 is 0 Å². The lowest BCUT2D eigenvalue weighted by Crippen LogP contribution is -2.47. The van der Waals surface area contributed by atoms with E-state index in [4.69, 9.17) is 0 Å². The number of halogens is 3. The predicted molar refractivity (Wildman–Crippen MR) is 125 cm³/mol. The summed E-state index contributed by atoms with van der Waals surface area (Å²) in [4.78, 5) is 16.8. The highest BCUT2D eigenvalue weighted by molar-refractivity contribution is 5.89. The van der Waals surface area contributed by atoms with Crippen LogP contribution in [0.4, 0.5) is 23.7 Å². The number of amides is 2. The molecule has 1 saturated carbocycles. The van der Waals surface area contributed by atoms with E-state index >= 15 is 0 Å². The molecule has 1 saturated heterocycles. The Morgan fingerprint density at radius 3 is 2.64 bits per heavy atom. The molecule has 4 nitrogen and oxygen atoms in total. The van der Waals surface area contributed by atoms with Crippen LogP contribution in [0.25, 0.3) is 0 Å². The molecule has 2 amide bonds. The molecule has 182 valence electrons. The van der Waals surface area contributed by atoms with Gasteiger partial charge in [-0.2, -0.15) is 13.2 Å². The fourth-order valence-electron chi connectivity index (χ4n) is 5.81. The topological polar surface area (TPSA) is 35.6 Å². The van der Waals surface area contributed by atoms with Crippen LogP contribution in [0.15, 0.2) is 35.9 Å². The average molecular weight is 464 g/mol. The highest BCUT2D eigenvalue weighted by Crippen LogP contribution is 2.49. The number of rotatable bonds is 4. The predicted octanol–water partition coefficient (Wildman–Crippen LogP) is 6.41. The molecule has 0 radical (unpaired) electrons. The van der Waals surface area contributed by atoms with Crippen molar-refractivity contribution in [1.29, 1.82) is 0 Å². The Hall–Kier alpha value is -2.02. The van der Waals surface area contributed by atoms with Crippen molar-refractivity contribution in [2.24, 2.45) is 17.3 Å². The Kier molecular flexibility index (Phi) is 6.81. The van der Waals surface area contributed by atoms with Gasteiger partial charge in [-0.25, -0.2) is 4.79 Å². The van der Waals surface area contributed by atoms with Gasteiger partial charge in [0.1, 0.15) is 0 Å². The molecule has 1 aliphatic heterocycles. The van der Waals surface area contributed by atoms with E-state index in [1.165, 1.54) is 37.8 Å². The largest absolute Gasteiger partial charge is 0.416 e. The summed E-state index contributed by atoms with van der Waals surface area (Å²) in [6.45, 7) is 7.73. The summed E-state index contributed by atoms with van der Waals surface area (Å²) in [6.07, 6.45) is 4.96. The van der Waals surface area contributed by atoms with Crippen molar-refractivity contribution in [1.82, 2.24) is 9.80 Å². The number of alkyl halides is 3. The first-order chi connectivity index (χ1) is 15.5. The molecular weight excluding hydrogens is 427 g/mol. The van der Waals surface area contributed by atoms with Crippen molar-refractivity contribution in [2.45, 2.75) is 64.6 Å². The van der Waals surface area contributed by atoms with E-state index in [9.17, 15) is 18.0 Å². The molecule has 4 rings (SSSR count). The summed E-state index contributed by atoms with van der Waals surface area (Å²) in [5.41, 5.74) is 1.48. The summed E-state index contributed by atoms with van der Waals surface area (Å²) < 4.78 is 38.8. The number of carbonyl (C=O) groups excluding carboxylic acids is 1. The Bertz CT molecular complexity index is 887. The molecule has 0 aromatic heterocycles. The Morgan fingerprint density at radius 1 is 1.21 bits per heavy atom. The van der Waals surface area contributed by atoms with E-state index in [1.54, 1.807) is 17.5 Å². The number of likely N-dealkylation sites (tertiary alicyclic amines) is 1. The van der Waals surface area contributed by atoms with Crippen LogP contribution in [0.3, 0.4) is 0 Å². The van der Waals surface area contributed by atoms with Gasteiger partial charge in [-0.05, 0) is 74.0 Å². The summed E-state index contributed by atoms with van der Waals surface area (Å²) in [5.74, 6) is 1.55. The van der Waals surface area contributed by atoms with Crippen LogP contribution < -0.4 is 5.32 Å². The molecule has 2 atom stereocenters. The molecule has 2 unspecified atom stereocenters. The number of urea groups is 1. The maximum absolute atomic E-state index is 12.9. The fourth-order valence-corrected chi connectivity index (χ4v) is 5.81. The van der Waals surface area contributed by atoms with Gasteiger partial charge < -0.3 is 10.2 Å². The van der Waals surface area contributed by atoms with Crippen LogP contribution in [0.2, 0.25) is 0 Å². The van der Waals surface area contributed by atoms with E-state index in [1.807, 2.05) is 0 Å². The van der Waals surface area contributed by atoms with Gasteiger partial charge in [-0.1, -0.05) is 31.6 Å². The number of benzene rings is 1. The van der Waals surface area contributed by atoms with Crippen molar-refractivity contribution in [3.8, 4) is 0 Å². The molecule has 0 spiro atoms. The third-order valence-electron chi connectivity index (χ3n) is 8.27. The second kappa shape index (κ2) is 9.32. The van der Waals surface area contributed by atoms with Crippen LogP contribution in [0, 0.1) is 17.3 Å². The molecule has 1 N–H and O–H groups in total. The number of piperidine rings is 1. The van der Waals surface area contributed by atoms with Crippen molar-refractivity contribution in [3.05, 3.63) is 41.5 Å². The number of nitrogens with zero attached hydrogens (tertiary/aromatic N) is 2. The van der Waals surface area contributed by atoms with E-state index in [-0.39, 0.29) is 17.8 Å². The minimum absolute atomic E-state index is 0.0900. The normalized spacial score (nSPS) is 25.9. The van der Waals surface area contributed by atoms with Crippen molar-refractivity contribution in [3.63, 3.8) is 0 Å². The third kappa shape index (κ3) is 5.56. The molecule has 3 aliphatic rings. The maximum atomic E-state index is 12.9. The molecule has 33 heavy (non-hydrogen) atoms. The first kappa shape index (κ1) is 24.1. The smallest absolute Gasteiger partial charge is 0.325 e. The third-order valence-corrected chi connectivity index (χ3v) is 8.27. The molecule has 2 fully saturated rings. The zero-order chi connectivity index (χ0) is 23.8. The number of anilines is 1. The summed E-state index contributed by atoms with van der Waals surface area (Å²) >= 11 is 0. The van der Waals surface area contributed by atoms with Crippen LogP contribution in [-0.2, 0) is 6.18 Å². The number of carbonyl (C=O) groups is 1. The lowest BCUT2D eigenvalue weighted by Gasteiger charge is -2.46. The SMILES string of the molecule is CN(C(=O)Nc1cccc(C(F)(F)F)c1)C1CCN(CC2=CCC3CC2CCC3(C)C)CC1. The number of hydrogen-bond acceptors (Lipinski definition) is 2. The Labute approximate surface area is 195 Å². The van der Waals surface area contributed by atoms with E-state index in [2.05, 4.69) is 30.1 Å². The Balaban J connectivity index is 1.27.